The largest absolute Gasteiger partial charge is 0.387 e. The molecule has 3 aliphatic rings. The molecule has 3 aliphatic heterocycles. The average molecular weight is 407 g/mol. The normalized spacial score (nSPS) is 33.3. The van der Waals surface area contributed by atoms with Gasteiger partial charge in [0.05, 0.1) is 5.69 Å². The monoisotopic (exact) mass is 406 g/mol. The molecule has 0 aliphatic carbocycles. The van der Waals surface area contributed by atoms with Gasteiger partial charge in [0.15, 0.2) is 0 Å². The zero-order valence-electron chi connectivity index (χ0n) is 16.3. The van der Waals surface area contributed by atoms with Crippen molar-refractivity contribution in [1.29, 1.82) is 0 Å². The first-order chi connectivity index (χ1) is 13.2. The van der Waals surface area contributed by atoms with Crippen LogP contribution in [0.1, 0.15) is 38.3 Å². The number of benzene rings is 1. The van der Waals surface area contributed by atoms with Gasteiger partial charge in [0.1, 0.15) is 24.0 Å². The van der Waals surface area contributed by atoms with E-state index >= 15 is 0 Å². The molecular weight excluding hydrogens is 382 g/mol. The van der Waals surface area contributed by atoms with Gasteiger partial charge in [-0.2, -0.15) is 0 Å². The summed E-state index contributed by atoms with van der Waals surface area (Å²) in [5, 5.41) is 15.5. The number of halogens is 1. The highest BCUT2D eigenvalue weighted by Gasteiger charge is 2.75. The number of anilines is 1. The number of likely N-dealkylation sites (tertiary alicyclic amines) is 1. The van der Waals surface area contributed by atoms with Crippen molar-refractivity contribution in [2.24, 2.45) is 11.8 Å². The Hall–Kier alpha value is -1.96. The van der Waals surface area contributed by atoms with E-state index in [0.717, 1.165) is 5.56 Å². The van der Waals surface area contributed by atoms with Crippen LogP contribution >= 0.6 is 11.6 Å². The van der Waals surface area contributed by atoms with Gasteiger partial charge in [0.2, 0.25) is 17.4 Å². The minimum atomic E-state index is -1.27. The summed E-state index contributed by atoms with van der Waals surface area (Å²) in [6.45, 7) is 7.15. The summed E-state index contributed by atoms with van der Waals surface area (Å²) in [7, 11) is 0. The predicted octanol–water partition coefficient (Wildman–Crippen LogP) is 0.522. The van der Waals surface area contributed by atoms with Crippen LogP contribution in [0, 0.1) is 18.8 Å². The Bertz CT molecular complexity index is 902. The second-order valence-corrected chi connectivity index (χ2v) is 8.62. The lowest BCUT2D eigenvalue weighted by atomic mass is 9.76. The molecule has 28 heavy (non-hydrogen) atoms. The van der Waals surface area contributed by atoms with Crippen LogP contribution in [0.25, 0.3) is 0 Å². The molecule has 1 aromatic carbocycles. The van der Waals surface area contributed by atoms with Crippen molar-refractivity contribution in [2.45, 2.75) is 57.8 Å². The number of rotatable bonds is 3. The zero-order valence-corrected chi connectivity index (χ0v) is 17.1. The van der Waals surface area contributed by atoms with Gasteiger partial charge in [0, 0.05) is 16.6 Å². The van der Waals surface area contributed by atoms with Crippen molar-refractivity contribution in [3.63, 3.8) is 0 Å². The van der Waals surface area contributed by atoms with Crippen LogP contribution in [-0.2, 0) is 19.9 Å². The fourth-order valence-corrected chi connectivity index (χ4v) is 5.31. The number of nitrogens with one attached hydrogen (secondary N) is 1. The number of hydrogen-bond donors (Lipinski definition) is 3. The van der Waals surface area contributed by atoms with E-state index in [0.29, 0.717) is 22.7 Å². The third-order valence-corrected chi connectivity index (χ3v) is 7.20. The first-order valence-corrected chi connectivity index (χ1v) is 10.1. The smallest absolute Gasteiger partial charge is 0.291 e. The fraction of sp³-hybridized carbons (Fsp3) is 0.550. The summed E-state index contributed by atoms with van der Waals surface area (Å²) in [6.07, 6.45) is -0.226. The molecule has 0 saturated carbocycles. The van der Waals surface area contributed by atoms with Crippen molar-refractivity contribution in [3.8, 4) is 0 Å². The Kier molecular flexibility index (Phi) is 4.34. The molecule has 4 rings (SSSR count). The van der Waals surface area contributed by atoms with Crippen molar-refractivity contribution in [3.05, 3.63) is 28.3 Å². The molecule has 150 valence electrons. The topological polar surface area (TPSA) is 103 Å². The lowest BCUT2D eigenvalue weighted by Gasteiger charge is -2.29. The van der Waals surface area contributed by atoms with Crippen LogP contribution in [0.4, 0.5) is 5.69 Å². The molecule has 7 nitrogen and oxygen atoms in total. The molecule has 8 heteroatoms. The van der Waals surface area contributed by atoms with Gasteiger partial charge in [-0.15, -0.1) is 0 Å². The van der Waals surface area contributed by atoms with Crippen LogP contribution in [0.2, 0.25) is 5.02 Å². The van der Waals surface area contributed by atoms with Crippen molar-refractivity contribution >= 4 is 35.0 Å². The number of carbonyl (C=O) groups excluding carboxylic acids is 3. The Balaban J connectivity index is 1.93. The van der Waals surface area contributed by atoms with Crippen molar-refractivity contribution < 1.29 is 24.8 Å². The van der Waals surface area contributed by atoms with Crippen LogP contribution in [0.15, 0.2) is 12.1 Å². The number of aliphatic hydroxyl groups is 1. The fourth-order valence-electron chi connectivity index (χ4n) is 5.15. The summed E-state index contributed by atoms with van der Waals surface area (Å²) in [5.41, 5.74) is 0.711. The molecule has 1 spiro atoms. The van der Waals surface area contributed by atoms with Gasteiger partial charge in [-0.25, -0.2) is 0 Å². The summed E-state index contributed by atoms with van der Waals surface area (Å²) >= 11 is 6.23. The van der Waals surface area contributed by atoms with Gasteiger partial charge in [-0.3, -0.25) is 19.3 Å². The molecule has 0 bridgehead atoms. The maximum Gasteiger partial charge on any atom is 0.291 e. The van der Waals surface area contributed by atoms with Crippen LogP contribution in [0.3, 0.4) is 0 Å². The summed E-state index contributed by atoms with van der Waals surface area (Å²) < 4.78 is 0. The van der Waals surface area contributed by atoms with E-state index in [1.807, 2.05) is 20.8 Å². The number of aliphatic hydroxyl groups excluding tert-OH is 1. The highest BCUT2D eigenvalue weighted by Crippen LogP contribution is 2.51. The van der Waals surface area contributed by atoms with E-state index in [1.165, 1.54) is 4.90 Å². The Morgan fingerprint density at radius 1 is 1.29 bits per heavy atom. The molecule has 3 amide bonds. The molecule has 0 radical (unpaired) electrons. The number of carbonyl (C=O) groups is 3. The quantitative estimate of drug-likeness (QED) is 0.637. The molecule has 2 fully saturated rings. The van der Waals surface area contributed by atoms with Crippen molar-refractivity contribution in [1.82, 2.24) is 4.90 Å². The third-order valence-electron chi connectivity index (χ3n) is 6.79. The van der Waals surface area contributed by atoms with Gasteiger partial charge in [-0.1, -0.05) is 18.5 Å². The summed E-state index contributed by atoms with van der Waals surface area (Å²) in [4.78, 5) is 41.2. The lowest BCUT2D eigenvalue weighted by molar-refractivity contribution is -0.738. The first kappa shape index (κ1) is 19.4. The van der Waals surface area contributed by atoms with Crippen LogP contribution in [0.5, 0.6) is 0 Å². The number of quaternary nitrogens is 1. The molecule has 0 aromatic heterocycles. The number of amides is 3. The standard InChI is InChI=1S/C20H24ClN3O4/c1-5-8(2)24-17(26)13-14(18(24)27)20(23-16(13)10(4)25)11-6-7-12(21)9(3)15(11)22-19(20)28/h6-8,10,13-14,16,23,25H,5H2,1-4H3,(H,22,28)/p+1/t8-,10-,13+,14+,16-,20+/m1/s1. The van der Waals surface area contributed by atoms with Gasteiger partial charge < -0.3 is 15.7 Å². The predicted molar refractivity (Wildman–Crippen MR) is 102 cm³/mol. The minimum Gasteiger partial charge on any atom is -0.387 e. The van der Waals surface area contributed by atoms with E-state index in [4.69, 9.17) is 11.6 Å². The van der Waals surface area contributed by atoms with E-state index in [1.54, 1.807) is 24.4 Å². The molecule has 0 unspecified atom stereocenters. The van der Waals surface area contributed by atoms with Gasteiger partial charge in [0.25, 0.3) is 5.91 Å². The first-order valence-electron chi connectivity index (χ1n) is 9.68. The second-order valence-electron chi connectivity index (χ2n) is 8.21. The molecule has 6 atom stereocenters. The van der Waals surface area contributed by atoms with Crippen LogP contribution < -0.4 is 10.6 Å². The number of hydrogen-bond acceptors (Lipinski definition) is 4. The zero-order chi connectivity index (χ0) is 20.5. The second kappa shape index (κ2) is 6.27. The van der Waals surface area contributed by atoms with Gasteiger partial charge >= 0.3 is 0 Å². The molecule has 2 saturated heterocycles. The maximum atomic E-state index is 13.4. The SMILES string of the molecule is CC[C@@H](C)N1C(=O)[C@@H]2[C@@H]([C@@H](C)O)[NH2+][C@]3(C(=O)Nc4c3ccc(Cl)c4C)[C@@H]2C1=O. The Morgan fingerprint density at radius 3 is 2.57 bits per heavy atom. The highest BCUT2D eigenvalue weighted by atomic mass is 35.5. The number of fused-ring (bicyclic) bond motifs is 4. The average Bonchev–Trinajstić information content (AvgIpc) is 3.24. The highest BCUT2D eigenvalue weighted by molar-refractivity contribution is 6.32. The Labute approximate surface area is 168 Å². The lowest BCUT2D eigenvalue weighted by Crippen LogP contribution is -3.00. The summed E-state index contributed by atoms with van der Waals surface area (Å²) in [5.74, 6) is -2.56. The summed E-state index contributed by atoms with van der Waals surface area (Å²) in [6, 6.07) is 2.63. The molecule has 1 aromatic rings. The number of imide groups is 1. The Morgan fingerprint density at radius 2 is 1.96 bits per heavy atom. The third kappa shape index (κ3) is 2.21. The number of nitrogens with two attached hydrogens (primary N) is 1. The molecule has 4 N–H and O–H groups in total. The number of nitrogens with zero attached hydrogens (tertiary/aromatic N) is 1. The van der Waals surface area contributed by atoms with Crippen molar-refractivity contribution in [2.75, 3.05) is 5.32 Å². The maximum absolute atomic E-state index is 13.4. The van der Waals surface area contributed by atoms with E-state index in [2.05, 4.69) is 5.32 Å². The van der Waals surface area contributed by atoms with E-state index in [9.17, 15) is 19.5 Å². The minimum absolute atomic E-state index is 0.256. The van der Waals surface area contributed by atoms with E-state index < -0.39 is 29.5 Å². The van der Waals surface area contributed by atoms with Crippen LogP contribution in [-0.4, -0.2) is 45.9 Å². The molecule has 3 heterocycles. The molecular formula is C20H25ClN3O4+. The van der Waals surface area contributed by atoms with E-state index in [-0.39, 0.29) is 23.8 Å². The van der Waals surface area contributed by atoms with Gasteiger partial charge in [-0.05, 0) is 44.9 Å².